The first-order valence-electron chi connectivity index (χ1n) is 7.29. The molecule has 1 aliphatic rings. The van der Waals surface area contributed by atoms with E-state index in [-0.39, 0.29) is 11.9 Å². The van der Waals surface area contributed by atoms with Crippen LogP contribution in [0.15, 0.2) is 12.4 Å². The molecule has 1 fully saturated rings. The number of pyridine rings is 1. The van der Waals surface area contributed by atoms with E-state index in [2.05, 4.69) is 4.98 Å². The molecule has 1 saturated heterocycles. The zero-order chi connectivity index (χ0) is 15.4. The number of piperidine rings is 1. The second-order valence-corrected chi connectivity index (χ2v) is 5.84. The van der Waals surface area contributed by atoms with E-state index in [1.165, 1.54) is 6.20 Å². The van der Waals surface area contributed by atoms with Crippen LogP contribution >= 0.6 is 0 Å². The smallest absolute Gasteiger partial charge is 0.309 e. The van der Waals surface area contributed by atoms with Crippen LogP contribution in [0.2, 0.25) is 0 Å². The van der Waals surface area contributed by atoms with Gasteiger partial charge in [0.2, 0.25) is 0 Å². The van der Waals surface area contributed by atoms with Crippen LogP contribution in [0.4, 0.5) is 15.8 Å². The van der Waals surface area contributed by atoms with Gasteiger partial charge in [-0.15, -0.1) is 0 Å². The summed E-state index contributed by atoms with van der Waals surface area (Å²) in [5, 5.41) is 0. The summed E-state index contributed by atoms with van der Waals surface area (Å²) < 4.78 is 19.1. The molecule has 0 radical (unpaired) electrons. The lowest BCUT2D eigenvalue weighted by Gasteiger charge is -2.33. The SMILES string of the molecule is CC(C)COC(=O)C1CCN(c2c(N)cncc2F)CC1. The highest BCUT2D eigenvalue weighted by atomic mass is 19.1. The lowest BCUT2D eigenvalue weighted by molar-refractivity contribution is -0.150. The van der Waals surface area contributed by atoms with Crippen LogP contribution in [0.1, 0.15) is 26.7 Å². The van der Waals surface area contributed by atoms with Crippen molar-refractivity contribution in [3.05, 3.63) is 18.2 Å². The Morgan fingerprint density at radius 2 is 2.14 bits per heavy atom. The number of anilines is 2. The fourth-order valence-electron chi connectivity index (χ4n) is 2.48. The van der Waals surface area contributed by atoms with Crippen LogP contribution in [0.3, 0.4) is 0 Å². The summed E-state index contributed by atoms with van der Waals surface area (Å²) in [6.07, 6.45) is 3.91. The summed E-state index contributed by atoms with van der Waals surface area (Å²) in [5.41, 5.74) is 6.51. The van der Waals surface area contributed by atoms with Crippen LogP contribution in [-0.4, -0.2) is 30.6 Å². The molecule has 0 amide bonds. The third-order valence-corrected chi connectivity index (χ3v) is 3.60. The molecule has 0 bridgehead atoms. The molecule has 0 spiro atoms. The van der Waals surface area contributed by atoms with Gasteiger partial charge >= 0.3 is 5.97 Å². The molecule has 0 saturated carbocycles. The number of nitrogens with zero attached hydrogens (tertiary/aromatic N) is 2. The molecule has 0 aliphatic carbocycles. The zero-order valence-electron chi connectivity index (χ0n) is 12.5. The van der Waals surface area contributed by atoms with Crippen LogP contribution in [-0.2, 0) is 9.53 Å². The Labute approximate surface area is 124 Å². The fourth-order valence-corrected chi connectivity index (χ4v) is 2.48. The first-order valence-corrected chi connectivity index (χ1v) is 7.29. The van der Waals surface area contributed by atoms with Gasteiger partial charge in [0.1, 0.15) is 0 Å². The summed E-state index contributed by atoms with van der Waals surface area (Å²) in [7, 11) is 0. The minimum Gasteiger partial charge on any atom is -0.465 e. The Morgan fingerprint density at radius 1 is 1.48 bits per heavy atom. The molecule has 1 aliphatic heterocycles. The van der Waals surface area contributed by atoms with Crippen molar-refractivity contribution in [3.63, 3.8) is 0 Å². The molecule has 6 heteroatoms. The zero-order valence-corrected chi connectivity index (χ0v) is 12.5. The third kappa shape index (κ3) is 3.83. The lowest BCUT2D eigenvalue weighted by Crippen LogP contribution is -2.38. The van der Waals surface area contributed by atoms with Crippen molar-refractivity contribution in [1.82, 2.24) is 4.98 Å². The van der Waals surface area contributed by atoms with Crippen LogP contribution in [0.5, 0.6) is 0 Å². The highest BCUT2D eigenvalue weighted by Gasteiger charge is 2.28. The van der Waals surface area contributed by atoms with Gasteiger partial charge in [-0.25, -0.2) is 4.39 Å². The number of halogens is 1. The molecular formula is C15H22FN3O2. The maximum Gasteiger partial charge on any atom is 0.309 e. The van der Waals surface area contributed by atoms with E-state index in [0.29, 0.717) is 49.8 Å². The largest absolute Gasteiger partial charge is 0.465 e. The van der Waals surface area contributed by atoms with E-state index in [4.69, 9.17) is 10.5 Å². The summed E-state index contributed by atoms with van der Waals surface area (Å²) in [6, 6.07) is 0. The molecule has 116 valence electrons. The number of esters is 1. The van der Waals surface area contributed by atoms with Crippen molar-refractivity contribution in [2.45, 2.75) is 26.7 Å². The van der Waals surface area contributed by atoms with Crippen molar-refractivity contribution >= 4 is 17.3 Å². The number of nitrogens with two attached hydrogens (primary N) is 1. The monoisotopic (exact) mass is 295 g/mol. The standard InChI is InChI=1S/C15H22FN3O2/c1-10(2)9-21-15(20)11-3-5-19(6-4-11)14-12(16)7-18-8-13(14)17/h7-8,10-11H,3-6,9,17H2,1-2H3. The Morgan fingerprint density at radius 3 is 2.71 bits per heavy atom. The summed E-state index contributed by atoms with van der Waals surface area (Å²) >= 11 is 0. The fraction of sp³-hybridized carbons (Fsp3) is 0.600. The molecule has 2 rings (SSSR count). The summed E-state index contributed by atoms with van der Waals surface area (Å²) in [6.45, 7) is 5.64. The highest BCUT2D eigenvalue weighted by Crippen LogP contribution is 2.30. The molecule has 5 nitrogen and oxygen atoms in total. The maximum atomic E-state index is 13.8. The Balaban J connectivity index is 1.93. The van der Waals surface area contributed by atoms with Gasteiger partial charge in [0.05, 0.1) is 36.3 Å². The van der Waals surface area contributed by atoms with Crippen molar-refractivity contribution in [3.8, 4) is 0 Å². The second-order valence-electron chi connectivity index (χ2n) is 5.84. The molecule has 2 N–H and O–H groups in total. The van der Waals surface area contributed by atoms with Crippen molar-refractivity contribution in [2.24, 2.45) is 11.8 Å². The minimum absolute atomic E-state index is 0.105. The number of carbonyl (C=O) groups is 1. The molecule has 2 heterocycles. The molecule has 0 atom stereocenters. The van der Waals surface area contributed by atoms with E-state index in [1.807, 2.05) is 18.7 Å². The molecular weight excluding hydrogens is 273 g/mol. The van der Waals surface area contributed by atoms with Gasteiger partial charge in [0.25, 0.3) is 0 Å². The summed E-state index contributed by atoms with van der Waals surface area (Å²) in [5.74, 6) is -0.340. The lowest BCUT2D eigenvalue weighted by atomic mass is 9.96. The van der Waals surface area contributed by atoms with Gasteiger partial charge in [0.15, 0.2) is 5.82 Å². The minimum atomic E-state index is -0.421. The van der Waals surface area contributed by atoms with Gasteiger partial charge in [-0.2, -0.15) is 0 Å². The number of nitrogen functional groups attached to an aromatic ring is 1. The number of rotatable bonds is 4. The van der Waals surface area contributed by atoms with E-state index >= 15 is 0 Å². The van der Waals surface area contributed by atoms with Gasteiger partial charge in [0, 0.05) is 13.1 Å². The molecule has 1 aromatic rings. The molecule has 1 aromatic heterocycles. The van der Waals surface area contributed by atoms with E-state index in [0.717, 1.165) is 6.20 Å². The van der Waals surface area contributed by atoms with E-state index in [1.54, 1.807) is 0 Å². The third-order valence-electron chi connectivity index (χ3n) is 3.60. The Bertz CT molecular complexity index is 479. The first-order chi connectivity index (χ1) is 9.99. The maximum absolute atomic E-state index is 13.8. The highest BCUT2D eigenvalue weighted by molar-refractivity contribution is 5.73. The molecule has 0 unspecified atom stereocenters. The van der Waals surface area contributed by atoms with Gasteiger partial charge in [-0.05, 0) is 18.8 Å². The number of hydrogen-bond acceptors (Lipinski definition) is 5. The van der Waals surface area contributed by atoms with Crippen LogP contribution < -0.4 is 10.6 Å². The number of carbonyl (C=O) groups excluding carboxylic acids is 1. The topological polar surface area (TPSA) is 68.5 Å². The number of aromatic nitrogens is 1. The predicted octanol–water partition coefficient (Wildman–Crippen LogP) is 2.22. The summed E-state index contributed by atoms with van der Waals surface area (Å²) in [4.78, 5) is 17.5. The Kier molecular flexibility index (Phi) is 4.98. The van der Waals surface area contributed by atoms with Crippen molar-refractivity contribution < 1.29 is 13.9 Å². The Hall–Kier alpha value is -1.85. The number of hydrogen-bond donors (Lipinski definition) is 1. The number of ether oxygens (including phenoxy) is 1. The van der Waals surface area contributed by atoms with Crippen LogP contribution in [0.25, 0.3) is 0 Å². The van der Waals surface area contributed by atoms with Gasteiger partial charge in [-0.1, -0.05) is 13.8 Å². The molecule has 0 aromatic carbocycles. The van der Waals surface area contributed by atoms with Gasteiger partial charge < -0.3 is 15.4 Å². The van der Waals surface area contributed by atoms with E-state index < -0.39 is 5.82 Å². The van der Waals surface area contributed by atoms with Crippen LogP contribution in [0, 0.1) is 17.7 Å². The second kappa shape index (κ2) is 6.74. The molecule has 21 heavy (non-hydrogen) atoms. The van der Waals surface area contributed by atoms with Crippen molar-refractivity contribution in [2.75, 3.05) is 30.3 Å². The normalized spacial score (nSPS) is 16.3. The first kappa shape index (κ1) is 15.5. The van der Waals surface area contributed by atoms with Gasteiger partial charge in [-0.3, -0.25) is 9.78 Å². The van der Waals surface area contributed by atoms with E-state index in [9.17, 15) is 9.18 Å². The van der Waals surface area contributed by atoms with Crippen molar-refractivity contribution in [1.29, 1.82) is 0 Å². The average molecular weight is 295 g/mol. The predicted molar refractivity (Wildman–Crippen MR) is 79.3 cm³/mol. The quantitative estimate of drug-likeness (QED) is 0.863. The average Bonchev–Trinajstić information content (AvgIpc) is 2.45.